The average molecular weight is 481 g/mol. The number of piperazine rings is 1. The van der Waals surface area contributed by atoms with Crippen molar-refractivity contribution < 1.29 is 19.1 Å². The molecule has 2 aromatic heterocycles. The van der Waals surface area contributed by atoms with E-state index in [2.05, 4.69) is 25.5 Å². The number of hydrogen-bond donors (Lipinski definition) is 2. The van der Waals surface area contributed by atoms with E-state index in [0.717, 1.165) is 5.82 Å². The highest BCUT2D eigenvalue weighted by Gasteiger charge is 2.22. The van der Waals surface area contributed by atoms with Crippen LogP contribution in [0, 0.1) is 0 Å². The Hall–Kier alpha value is -3.86. The molecule has 176 valence electrons. The van der Waals surface area contributed by atoms with E-state index in [4.69, 9.17) is 9.47 Å². The van der Waals surface area contributed by atoms with Gasteiger partial charge in [-0.1, -0.05) is 6.07 Å². The second-order valence-corrected chi connectivity index (χ2v) is 8.68. The molecule has 3 amide bonds. The van der Waals surface area contributed by atoms with Crippen molar-refractivity contribution in [1.82, 2.24) is 14.9 Å². The number of ether oxygens (including phenoxy) is 2. The Kier molecular flexibility index (Phi) is 6.43. The molecule has 0 spiro atoms. The van der Waals surface area contributed by atoms with Crippen LogP contribution in [0.1, 0.15) is 5.69 Å². The van der Waals surface area contributed by atoms with Crippen LogP contribution in [0.15, 0.2) is 48.0 Å². The minimum absolute atomic E-state index is 0.101. The molecule has 1 saturated heterocycles. The van der Waals surface area contributed by atoms with Gasteiger partial charge in [0.05, 0.1) is 12.1 Å². The fraction of sp³-hybridized carbons (Fsp3) is 0.304. The molecule has 4 heterocycles. The fourth-order valence-corrected chi connectivity index (χ4v) is 4.49. The molecule has 0 unspecified atom stereocenters. The van der Waals surface area contributed by atoms with Crippen LogP contribution in [-0.2, 0) is 11.2 Å². The summed E-state index contributed by atoms with van der Waals surface area (Å²) in [7, 11) is 0. The highest BCUT2D eigenvalue weighted by molar-refractivity contribution is 7.13. The number of urea groups is 1. The SMILES string of the molecule is O=C(Cc1csc(NC(=O)N2CCN(c3ccccn3)CC2)n1)Nc1ccc2c(c1)OCCO2. The number of thiazole rings is 1. The Labute approximate surface area is 200 Å². The summed E-state index contributed by atoms with van der Waals surface area (Å²) in [5.74, 6) is 2.00. The lowest BCUT2D eigenvalue weighted by atomic mass is 10.2. The van der Waals surface area contributed by atoms with Crippen molar-refractivity contribution in [2.45, 2.75) is 6.42 Å². The number of benzene rings is 1. The highest BCUT2D eigenvalue weighted by Crippen LogP contribution is 2.32. The third-order valence-corrected chi connectivity index (χ3v) is 6.28. The van der Waals surface area contributed by atoms with Gasteiger partial charge in [-0.15, -0.1) is 11.3 Å². The molecule has 0 bridgehead atoms. The maximum absolute atomic E-state index is 12.6. The summed E-state index contributed by atoms with van der Waals surface area (Å²) in [6, 6.07) is 10.9. The Morgan fingerprint density at radius 3 is 2.62 bits per heavy atom. The van der Waals surface area contributed by atoms with E-state index >= 15 is 0 Å². The third-order valence-electron chi connectivity index (χ3n) is 5.47. The molecule has 2 aliphatic rings. The number of anilines is 3. The lowest BCUT2D eigenvalue weighted by Crippen LogP contribution is -2.50. The number of nitrogens with one attached hydrogen (secondary N) is 2. The Morgan fingerprint density at radius 1 is 1.00 bits per heavy atom. The smallest absolute Gasteiger partial charge is 0.323 e. The van der Waals surface area contributed by atoms with E-state index < -0.39 is 0 Å². The maximum Gasteiger partial charge on any atom is 0.323 e. The monoisotopic (exact) mass is 480 g/mol. The fourth-order valence-electron chi connectivity index (χ4n) is 3.79. The number of nitrogens with zero attached hydrogens (tertiary/aromatic N) is 4. The quantitative estimate of drug-likeness (QED) is 0.578. The first-order chi connectivity index (χ1) is 16.6. The van der Waals surface area contributed by atoms with Crippen LogP contribution in [0.2, 0.25) is 0 Å². The minimum atomic E-state index is -0.203. The molecule has 2 N–H and O–H groups in total. The van der Waals surface area contributed by atoms with Crippen molar-refractivity contribution in [3.8, 4) is 11.5 Å². The summed E-state index contributed by atoms with van der Waals surface area (Å²) in [5.41, 5.74) is 1.22. The molecular formula is C23H24N6O4S. The van der Waals surface area contributed by atoms with Gasteiger partial charge in [-0.05, 0) is 24.3 Å². The zero-order valence-electron chi connectivity index (χ0n) is 18.4. The first kappa shape index (κ1) is 22.0. The molecule has 1 aromatic carbocycles. The predicted octanol–water partition coefficient (Wildman–Crippen LogP) is 2.84. The van der Waals surface area contributed by atoms with Gasteiger partial charge in [0.2, 0.25) is 5.91 Å². The van der Waals surface area contributed by atoms with E-state index in [1.54, 1.807) is 34.7 Å². The van der Waals surface area contributed by atoms with E-state index in [9.17, 15) is 9.59 Å². The van der Waals surface area contributed by atoms with Crippen LogP contribution >= 0.6 is 11.3 Å². The van der Waals surface area contributed by atoms with Crippen LogP contribution < -0.4 is 25.0 Å². The molecule has 1 fully saturated rings. The molecule has 0 atom stereocenters. The minimum Gasteiger partial charge on any atom is -0.486 e. The molecule has 0 saturated carbocycles. The number of pyridine rings is 1. The van der Waals surface area contributed by atoms with E-state index in [1.165, 1.54) is 11.3 Å². The van der Waals surface area contributed by atoms with Crippen molar-refractivity contribution in [3.05, 3.63) is 53.7 Å². The molecule has 0 aliphatic carbocycles. The molecule has 2 aliphatic heterocycles. The van der Waals surface area contributed by atoms with Gasteiger partial charge in [0.1, 0.15) is 19.0 Å². The zero-order chi connectivity index (χ0) is 23.3. The van der Waals surface area contributed by atoms with Gasteiger partial charge in [0.15, 0.2) is 16.6 Å². The number of fused-ring (bicyclic) bond motifs is 1. The zero-order valence-corrected chi connectivity index (χ0v) is 19.2. The van der Waals surface area contributed by atoms with E-state index in [1.807, 2.05) is 18.2 Å². The molecule has 3 aromatic rings. The summed E-state index contributed by atoms with van der Waals surface area (Å²) in [5, 5.41) is 7.93. The molecule has 34 heavy (non-hydrogen) atoms. The van der Waals surface area contributed by atoms with E-state index in [0.29, 0.717) is 67.4 Å². The Morgan fingerprint density at radius 2 is 1.82 bits per heavy atom. The third kappa shape index (κ3) is 5.20. The number of aromatic nitrogens is 2. The topological polar surface area (TPSA) is 109 Å². The maximum atomic E-state index is 12.6. The number of hydrogen-bond acceptors (Lipinski definition) is 8. The second kappa shape index (κ2) is 9.96. The number of carbonyl (C=O) groups is 2. The van der Waals surface area contributed by atoms with Gasteiger partial charge in [0.25, 0.3) is 0 Å². The summed E-state index contributed by atoms with van der Waals surface area (Å²) in [4.78, 5) is 37.8. The van der Waals surface area contributed by atoms with Gasteiger partial charge >= 0.3 is 6.03 Å². The van der Waals surface area contributed by atoms with Crippen LogP contribution in [0.25, 0.3) is 0 Å². The van der Waals surface area contributed by atoms with Crippen LogP contribution in [0.3, 0.4) is 0 Å². The molecule has 5 rings (SSSR count). The normalized spacial score (nSPS) is 15.1. The standard InChI is InChI=1S/C23H24N6O4S/c30-21(25-16-4-5-18-19(13-16)33-12-11-32-18)14-17-15-34-22(26-17)27-23(31)29-9-7-28(8-10-29)20-3-1-2-6-24-20/h1-6,13,15H,7-12,14H2,(H,25,30)(H,26,27,31). The van der Waals surface area contributed by atoms with Crippen molar-refractivity contribution in [2.75, 3.05) is 54.9 Å². The van der Waals surface area contributed by atoms with Crippen molar-refractivity contribution in [1.29, 1.82) is 0 Å². The number of carbonyl (C=O) groups excluding carboxylic acids is 2. The van der Waals surface area contributed by atoms with Crippen molar-refractivity contribution in [3.63, 3.8) is 0 Å². The van der Waals surface area contributed by atoms with E-state index in [-0.39, 0.29) is 18.4 Å². The second-order valence-electron chi connectivity index (χ2n) is 7.82. The molecular weight excluding hydrogens is 456 g/mol. The van der Waals surface area contributed by atoms with Crippen molar-refractivity contribution in [2.24, 2.45) is 0 Å². The van der Waals surface area contributed by atoms with Gasteiger partial charge in [-0.25, -0.2) is 14.8 Å². The van der Waals surface area contributed by atoms with Crippen LogP contribution in [-0.4, -0.2) is 66.2 Å². The number of rotatable bonds is 5. The van der Waals surface area contributed by atoms with Crippen molar-refractivity contribution >= 4 is 39.9 Å². The number of amides is 3. The Balaban J connectivity index is 1.10. The lowest BCUT2D eigenvalue weighted by Gasteiger charge is -2.35. The highest BCUT2D eigenvalue weighted by atomic mass is 32.1. The van der Waals surface area contributed by atoms with Crippen LogP contribution in [0.4, 0.5) is 21.4 Å². The van der Waals surface area contributed by atoms with Crippen LogP contribution in [0.5, 0.6) is 11.5 Å². The van der Waals surface area contributed by atoms with Gasteiger partial charge in [-0.2, -0.15) is 0 Å². The summed E-state index contributed by atoms with van der Waals surface area (Å²) in [6.45, 7) is 3.62. The first-order valence-corrected chi connectivity index (χ1v) is 11.9. The summed E-state index contributed by atoms with van der Waals surface area (Å²) in [6.07, 6.45) is 1.87. The average Bonchev–Trinajstić information content (AvgIpc) is 3.31. The summed E-state index contributed by atoms with van der Waals surface area (Å²) >= 11 is 1.30. The first-order valence-electron chi connectivity index (χ1n) is 11.0. The molecule has 10 nitrogen and oxygen atoms in total. The lowest BCUT2D eigenvalue weighted by molar-refractivity contribution is -0.115. The molecule has 0 radical (unpaired) electrons. The summed E-state index contributed by atoms with van der Waals surface area (Å²) < 4.78 is 11.0. The molecule has 11 heteroatoms. The van der Waals surface area contributed by atoms with Gasteiger partial charge in [0, 0.05) is 49.5 Å². The largest absolute Gasteiger partial charge is 0.486 e. The Bertz CT molecular complexity index is 1160. The predicted molar refractivity (Wildman–Crippen MR) is 129 cm³/mol. The van der Waals surface area contributed by atoms with Gasteiger partial charge < -0.3 is 24.6 Å². The van der Waals surface area contributed by atoms with Gasteiger partial charge in [-0.3, -0.25) is 10.1 Å².